The molecule has 0 radical (unpaired) electrons. The molecular weight excluding hydrogens is 392 g/mol. The van der Waals surface area contributed by atoms with E-state index >= 15 is 0 Å². The molecule has 1 heterocycles. The van der Waals surface area contributed by atoms with Crippen LogP contribution in [0.4, 0.5) is 37.7 Å². The molecule has 28 heavy (non-hydrogen) atoms. The fourth-order valence-electron chi connectivity index (χ4n) is 3.19. The van der Waals surface area contributed by atoms with Crippen LogP contribution in [0, 0.1) is 0 Å². The summed E-state index contributed by atoms with van der Waals surface area (Å²) < 4.78 is 75.4. The summed E-state index contributed by atoms with van der Waals surface area (Å²) in [4.78, 5) is 24.4. The first-order valence-electron chi connectivity index (χ1n) is 8.43. The summed E-state index contributed by atoms with van der Waals surface area (Å²) in [6.45, 7) is 0.319. The molecule has 1 saturated heterocycles. The predicted octanol–water partition coefficient (Wildman–Crippen LogP) is 3.20. The zero-order valence-electron chi connectivity index (χ0n) is 14.7. The maximum Gasteiger partial charge on any atom is 0.471 e. The topological polar surface area (TPSA) is 75.4 Å². The van der Waals surface area contributed by atoms with Gasteiger partial charge in [-0.3, -0.25) is 9.59 Å². The number of hydrogen-bond acceptors (Lipinski definition) is 4. The molecule has 156 valence electrons. The van der Waals surface area contributed by atoms with E-state index in [0.29, 0.717) is 11.4 Å². The molecule has 0 atom stereocenters. The largest absolute Gasteiger partial charge is 0.471 e. The van der Waals surface area contributed by atoms with E-state index < -0.39 is 42.4 Å². The Morgan fingerprint density at radius 2 is 1.61 bits per heavy atom. The highest BCUT2D eigenvalue weighted by molar-refractivity contribution is 5.85. The van der Waals surface area contributed by atoms with E-state index in [1.165, 1.54) is 0 Å². The van der Waals surface area contributed by atoms with Crippen LogP contribution in [-0.4, -0.2) is 42.7 Å². The molecule has 2 rings (SSSR count). The molecule has 1 fully saturated rings. The summed E-state index contributed by atoms with van der Waals surface area (Å²) in [5.74, 6) is -4.28. The van der Waals surface area contributed by atoms with E-state index in [9.17, 15) is 35.9 Å². The number of carbonyl (C=O) groups is 2. The van der Waals surface area contributed by atoms with E-state index in [-0.39, 0.29) is 25.9 Å². The van der Waals surface area contributed by atoms with E-state index in [2.05, 4.69) is 0 Å². The van der Waals surface area contributed by atoms with Gasteiger partial charge in [-0.2, -0.15) is 26.3 Å². The molecular formula is C17H19F6N3O2. The van der Waals surface area contributed by atoms with Crippen LogP contribution in [-0.2, 0) is 9.59 Å². The van der Waals surface area contributed by atoms with Gasteiger partial charge in [0.05, 0.1) is 11.4 Å². The SMILES string of the molecule is Nc1ccccc1N1CCC(CCC(=O)C(F)(F)F)(NC(=O)C(F)(F)F)CC1. The Morgan fingerprint density at radius 1 is 1.04 bits per heavy atom. The average molecular weight is 411 g/mol. The van der Waals surface area contributed by atoms with Crippen molar-refractivity contribution in [3.63, 3.8) is 0 Å². The Labute approximate surface area is 156 Å². The molecule has 0 bridgehead atoms. The Bertz CT molecular complexity index is 724. The number of piperidine rings is 1. The maximum atomic E-state index is 12.7. The quantitative estimate of drug-likeness (QED) is 0.577. The second-order valence-electron chi connectivity index (χ2n) is 6.70. The van der Waals surface area contributed by atoms with E-state index in [1.807, 2.05) is 5.32 Å². The number of carbonyl (C=O) groups excluding carboxylic acids is 2. The van der Waals surface area contributed by atoms with Gasteiger partial charge in [0.15, 0.2) is 0 Å². The number of hydrogen-bond donors (Lipinski definition) is 2. The number of nitrogens with one attached hydrogen (secondary N) is 1. The minimum absolute atomic E-state index is 0.0612. The van der Waals surface area contributed by atoms with Gasteiger partial charge in [0.2, 0.25) is 5.78 Å². The number of nitrogen functional groups attached to an aromatic ring is 1. The molecule has 0 saturated carbocycles. The highest BCUT2D eigenvalue weighted by Crippen LogP contribution is 2.34. The second kappa shape index (κ2) is 7.88. The highest BCUT2D eigenvalue weighted by Gasteiger charge is 2.46. The molecule has 1 aliphatic rings. The monoisotopic (exact) mass is 411 g/mol. The Kier molecular flexibility index (Phi) is 6.15. The molecule has 11 heteroatoms. The summed E-state index contributed by atoms with van der Waals surface area (Å²) in [6.07, 6.45) is -11.9. The third-order valence-corrected chi connectivity index (χ3v) is 4.78. The Balaban J connectivity index is 2.15. The van der Waals surface area contributed by atoms with Crippen molar-refractivity contribution in [3.8, 4) is 0 Å². The van der Waals surface area contributed by atoms with Crippen LogP contribution in [0.25, 0.3) is 0 Å². The van der Waals surface area contributed by atoms with E-state index in [0.717, 1.165) is 0 Å². The Hall–Kier alpha value is -2.46. The number of halogens is 6. The first-order chi connectivity index (χ1) is 12.8. The van der Waals surface area contributed by atoms with Gasteiger partial charge < -0.3 is 16.0 Å². The van der Waals surface area contributed by atoms with Crippen LogP contribution < -0.4 is 16.0 Å². The number of ketones is 1. The first-order valence-corrected chi connectivity index (χ1v) is 8.43. The van der Waals surface area contributed by atoms with Crippen molar-refractivity contribution in [2.24, 2.45) is 0 Å². The lowest BCUT2D eigenvalue weighted by molar-refractivity contribution is -0.177. The molecule has 0 unspecified atom stereocenters. The summed E-state index contributed by atoms with van der Waals surface area (Å²) in [5, 5.41) is 1.82. The van der Waals surface area contributed by atoms with Crippen LogP contribution in [0.3, 0.4) is 0 Å². The van der Waals surface area contributed by atoms with Gasteiger partial charge in [0.25, 0.3) is 0 Å². The summed E-state index contributed by atoms with van der Waals surface area (Å²) in [7, 11) is 0. The van der Waals surface area contributed by atoms with Crippen LogP contribution in [0.1, 0.15) is 25.7 Å². The Morgan fingerprint density at radius 3 is 2.11 bits per heavy atom. The molecule has 0 aromatic heterocycles. The van der Waals surface area contributed by atoms with Gasteiger partial charge >= 0.3 is 18.3 Å². The van der Waals surface area contributed by atoms with Crippen LogP contribution in [0.5, 0.6) is 0 Å². The summed E-state index contributed by atoms with van der Waals surface area (Å²) in [5.41, 5.74) is 5.40. The van der Waals surface area contributed by atoms with Crippen molar-refractivity contribution < 1.29 is 35.9 Å². The molecule has 1 aliphatic heterocycles. The molecule has 1 aromatic rings. The third-order valence-electron chi connectivity index (χ3n) is 4.78. The van der Waals surface area contributed by atoms with Crippen molar-refractivity contribution in [2.75, 3.05) is 23.7 Å². The van der Waals surface area contributed by atoms with Crippen molar-refractivity contribution in [2.45, 2.75) is 43.6 Å². The standard InChI is InChI=1S/C17H19F6N3O2/c18-16(19,20)13(27)5-6-15(25-14(28)17(21,22)23)7-9-26(10-8-15)12-4-2-1-3-11(12)24/h1-4H,5-10,24H2,(H,25,28). The fraction of sp³-hybridized carbons (Fsp3) is 0.529. The number of rotatable bonds is 5. The lowest BCUT2D eigenvalue weighted by atomic mass is 9.82. The number of alkyl halides is 6. The summed E-state index contributed by atoms with van der Waals surface area (Å²) >= 11 is 0. The van der Waals surface area contributed by atoms with E-state index in [1.54, 1.807) is 29.2 Å². The molecule has 1 amide bonds. The smallest absolute Gasteiger partial charge is 0.397 e. The lowest BCUT2D eigenvalue weighted by Gasteiger charge is -2.43. The normalized spacial score (nSPS) is 17.3. The van der Waals surface area contributed by atoms with Crippen molar-refractivity contribution in [3.05, 3.63) is 24.3 Å². The number of nitrogens with two attached hydrogens (primary N) is 1. The van der Waals surface area contributed by atoms with Gasteiger partial charge in [-0.25, -0.2) is 0 Å². The number of Topliss-reactive ketones (excluding diaryl/α,β-unsaturated/α-hetero) is 1. The molecule has 0 spiro atoms. The van der Waals surface area contributed by atoms with Crippen LogP contribution >= 0.6 is 0 Å². The van der Waals surface area contributed by atoms with Crippen molar-refractivity contribution in [1.29, 1.82) is 0 Å². The molecule has 3 N–H and O–H groups in total. The van der Waals surface area contributed by atoms with Gasteiger partial charge in [-0.05, 0) is 31.4 Å². The number of amides is 1. The minimum Gasteiger partial charge on any atom is -0.397 e. The maximum absolute atomic E-state index is 12.7. The molecule has 1 aromatic carbocycles. The van der Waals surface area contributed by atoms with Gasteiger partial charge in [0.1, 0.15) is 0 Å². The van der Waals surface area contributed by atoms with Crippen LogP contribution in [0.15, 0.2) is 24.3 Å². The fourth-order valence-corrected chi connectivity index (χ4v) is 3.19. The van der Waals surface area contributed by atoms with Gasteiger partial charge in [0, 0.05) is 25.0 Å². The van der Waals surface area contributed by atoms with Gasteiger partial charge in [-0.15, -0.1) is 0 Å². The van der Waals surface area contributed by atoms with Crippen molar-refractivity contribution >= 4 is 23.1 Å². The lowest BCUT2D eigenvalue weighted by Crippen LogP contribution is -2.58. The average Bonchev–Trinajstić information content (AvgIpc) is 2.59. The minimum atomic E-state index is -5.18. The first kappa shape index (κ1) is 21.8. The number of anilines is 2. The molecule has 5 nitrogen and oxygen atoms in total. The van der Waals surface area contributed by atoms with Gasteiger partial charge in [-0.1, -0.05) is 12.1 Å². The zero-order chi connectivity index (χ0) is 21.2. The zero-order valence-corrected chi connectivity index (χ0v) is 14.7. The molecule has 0 aliphatic carbocycles. The van der Waals surface area contributed by atoms with E-state index in [4.69, 9.17) is 5.73 Å². The number of benzene rings is 1. The predicted molar refractivity (Wildman–Crippen MR) is 89.5 cm³/mol. The van der Waals surface area contributed by atoms with Crippen LogP contribution in [0.2, 0.25) is 0 Å². The highest BCUT2D eigenvalue weighted by atomic mass is 19.4. The van der Waals surface area contributed by atoms with Crippen molar-refractivity contribution in [1.82, 2.24) is 5.32 Å². The third kappa shape index (κ3) is 5.29. The number of para-hydroxylation sites is 2. The summed E-state index contributed by atoms with van der Waals surface area (Å²) in [6, 6.07) is 6.79. The number of nitrogens with zero attached hydrogens (tertiary/aromatic N) is 1. The second-order valence-corrected chi connectivity index (χ2v) is 6.70.